The Morgan fingerprint density at radius 3 is 1.28 bits per heavy atom. The number of nitrogens with zero attached hydrogens (tertiary/aromatic N) is 1. The van der Waals surface area contributed by atoms with Gasteiger partial charge in [-0.15, -0.1) is 0 Å². The van der Waals surface area contributed by atoms with E-state index >= 15 is 0 Å². The van der Waals surface area contributed by atoms with Gasteiger partial charge in [0.15, 0.2) is 0 Å². The van der Waals surface area contributed by atoms with Crippen LogP contribution in [0.3, 0.4) is 0 Å². The summed E-state index contributed by atoms with van der Waals surface area (Å²) in [5.41, 5.74) is -2.64. The van der Waals surface area contributed by atoms with Gasteiger partial charge in [-0.2, -0.15) is 26.3 Å². The van der Waals surface area contributed by atoms with Crippen LogP contribution in [0.15, 0.2) is 18.2 Å². The lowest BCUT2D eigenvalue weighted by molar-refractivity contribution is -0.143. The Labute approximate surface area is 100 Å². The summed E-state index contributed by atoms with van der Waals surface area (Å²) in [6.07, 6.45) is -9.60. The Morgan fingerprint density at radius 2 is 1.06 bits per heavy atom. The smallest absolute Gasteiger partial charge is 0.298 e. The highest BCUT2D eigenvalue weighted by molar-refractivity contribution is 5.49. The molecule has 0 bridgehead atoms. The SMILES string of the molecule is C[N+](C)(C)c1cc(C(F)(F)F)cc(C(F)(F)F)c1. The third-order valence-electron chi connectivity index (χ3n) is 2.35. The summed E-state index contributed by atoms with van der Waals surface area (Å²) in [6, 6.07) is 1.59. The van der Waals surface area contributed by atoms with Crippen LogP contribution in [-0.2, 0) is 12.4 Å². The number of hydrogen-bond acceptors (Lipinski definition) is 0. The van der Waals surface area contributed by atoms with Gasteiger partial charge in [-0.3, -0.25) is 4.48 Å². The minimum Gasteiger partial charge on any atom is -0.298 e. The van der Waals surface area contributed by atoms with Crippen molar-refractivity contribution in [2.45, 2.75) is 12.4 Å². The highest BCUT2D eigenvalue weighted by atomic mass is 19.4. The van der Waals surface area contributed by atoms with Gasteiger partial charge in [-0.1, -0.05) is 0 Å². The molecule has 18 heavy (non-hydrogen) atoms. The maximum Gasteiger partial charge on any atom is 0.416 e. The molecule has 0 aliphatic rings. The van der Waals surface area contributed by atoms with E-state index in [2.05, 4.69) is 0 Å². The lowest BCUT2D eigenvalue weighted by Crippen LogP contribution is -2.35. The van der Waals surface area contributed by atoms with Gasteiger partial charge >= 0.3 is 12.4 Å². The van der Waals surface area contributed by atoms with E-state index in [1.165, 1.54) is 21.1 Å². The first kappa shape index (κ1) is 14.8. The van der Waals surface area contributed by atoms with Crippen LogP contribution >= 0.6 is 0 Å². The van der Waals surface area contributed by atoms with Crippen LogP contribution in [0.2, 0.25) is 0 Å². The van der Waals surface area contributed by atoms with E-state index in [-0.39, 0.29) is 16.2 Å². The first-order chi connectivity index (χ1) is 7.82. The molecule has 1 aromatic carbocycles. The second kappa shape index (κ2) is 4.15. The van der Waals surface area contributed by atoms with Crippen LogP contribution in [0, 0.1) is 0 Å². The molecule has 0 unspecified atom stereocenters. The van der Waals surface area contributed by atoms with Crippen molar-refractivity contribution in [3.05, 3.63) is 29.3 Å². The Kier molecular flexibility index (Phi) is 3.42. The van der Waals surface area contributed by atoms with Gasteiger partial charge in [0.2, 0.25) is 0 Å². The van der Waals surface area contributed by atoms with Crippen molar-refractivity contribution in [3.8, 4) is 0 Å². The molecule has 102 valence electrons. The van der Waals surface area contributed by atoms with Crippen molar-refractivity contribution >= 4 is 5.69 Å². The van der Waals surface area contributed by atoms with Gasteiger partial charge in [0.1, 0.15) is 5.69 Å². The van der Waals surface area contributed by atoms with Gasteiger partial charge in [0.05, 0.1) is 32.3 Å². The molecule has 0 radical (unpaired) electrons. The van der Waals surface area contributed by atoms with E-state index in [9.17, 15) is 26.3 Å². The minimum atomic E-state index is -4.80. The highest BCUT2D eigenvalue weighted by Gasteiger charge is 2.38. The zero-order valence-corrected chi connectivity index (χ0v) is 9.95. The standard InChI is InChI=1S/C11H12F6N/c1-18(2,3)9-5-7(10(12,13)14)4-8(6-9)11(15,16)17/h4-6H,1-3H3/q+1. The molecule has 0 saturated carbocycles. The molecule has 1 aromatic rings. The van der Waals surface area contributed by atoms with E-state index in [0.29, 0.717) is 0 Å². The molecule has 0 heterocycles. The van der Waals surface area contributed by atoms with Crippen LogP contribution in [0.25, 0.3) is 0 Å². The van der Waals surface area contributed by atoms with E-state index in [4.69, 9.17) is 0 Å². The molecule has 1 rings (SSSR count). The largest absolute Gasteiger partial charge is 0.416 e. The quantitative estimate of drug-likeness (QED) is 0.537. The number of quaternary nitrogens is 1. The maximum atomic E-state index is 12.5. The molecule has 7 heteroatoms. The third kappa shape index (κ3) is 3.38. The molecule has 0 saturated heterocycles. The molecule has 0 atom stereocenters. The second-order valence-electron chi connectivity index (χ2n) is 4.78. The number of alkyl halides is 6. The van der Waals surface area contributed by atoms with Crippen LogP contribution in [0.5, 0.6) is 0 Å². The molecule has 0 fully saturated rings. The topological polar surface area (TPSA) is 0 Å². The van der Waals surface area contributed by atoms with Crippen LogP contribution in [0.4, 0.5) is 32.0 Å². The summed E-state index contributed by atoms with van der Waals surface area (Å²) in [7, 11) is 4.49. The summed E-state index contributed by atoms with van der Waals surface area (Å²) < 4.78 is 75.2. The molecule has 0 amide bonds. The van der Waals surface area contributed by atoms with Crippen molar-refractivity contribution in [2.75, 3.05) is 21.1 Å². The van der Waals surface area contributed by atoms with E-state index < -0.39 is 23.5 Å². The van der Waals surface area contributed by atoms with E-state index in [1.807, 2.05) is 0 Å². The number of halogens is 6. The van der Waals surface area contributed by atoms with E-state index in [1.54, 1.807) is 0 Å². The lowest BCUT2D eigenvalue weighted by Gasteiger charge is -2.25. The van der Waals surface area contributed by atoms with Crippen molar-refractivity contribution in [2.24, 2.45) is 0 Å². The second-order valence-corrected chi connectivity index (χ2v) is 4.78. The van der Waals surface area contributed by atoms with Crippen molar-refractivity contribution in [3.63, 3.8) is 0 Å². The molecule has 0 aliphatic carbocycles. The van der Waals surface area contributed by atoms with Gasteiger partial charge in [-0.25, -0.2) is 0 Å². The van der Waals surface area contributed by atoms with Crippen molar-refractivity contribution in [1.82, 2.24) is 4.48 Å². The van der Waals surface area contributed by atoms with Crippen LogP contribution < -0.4 is 4.48 Å². The number of rotatable bonds is 1. The predicted octanol–water partition coefficient (Wildman–Crippen LogP) is 3.92. The maximum absolute atomic E-state index is 12.5. The average Bonchev–Trinajstić information content (AvgIpc) is 2.13. The third-order valence-corrected chi connectivity index (χ3v) is 2.35. The normalized spacial score (nSPS) is 13.8. The van der Waals surface area contributed by atoms with Gasteiger partial charge in [0.25, 0.3) is 0 Å². The molecule has 0 N–H and O–H groups in total. The Morgan fingerprint density at radius 1 is 0.722 bits per heavy atom. The first-order valence-electron chi connectivity index (χ1n) is 4.93. The number of benzene rings is 1. The average molecular weight is 272 g/mol. The summed E-state index contributed by atoms with van der Waals surface area (Å²) in [5.74, 6) is 0. The zero-order chi connectivity index (χ0) is 14.4. The monoisotopic (exact) mass is 272 g/mol. The molecule has 0 aromatic heterocycles. The summed E-state index contributed by atoms with van der Waals surface area (Å²) >= 11 is 0. The Balaban J connectivity index is 3.49. The first-order valence-corrected chi connectivity index (χ1v) is 4.93. The summed E-state index contributed by atoms with van der Waals surface area (Å²) in [5, 5.41) is 0. The summed E-state index contributed by atoms with van der Waals surface area (Å²) in [4.78, 5) is 0. The Hall–Kier alpha value is -1.24. The van der Waals surface area contributed by atoms with Gasteiger partial charge in [0, 0.05) is 12.1 Å². The minimum absolute atomic E-state index is 0.0582. The molecule has 0 spiro atoms. The van der Waals surface area contributed by atoms with Crippen LogP contribution in [0.1, 0.15) is 11.1 Å². The number of hydrogen-bond donors (Lipinski definition) is 0. The van der Waals surface area contributed by atoms with Gasteiger partial charge < -0.3 is 0 Å². The Bertz CT molecular complexity index is 359. The molecule has 1 nitrogen and oxygen atoms in total. The highest BCUT2D eigenvalue weighted by Crippen LogP contribution is 2.38. The molecular formula is C11H12F6N+. The van der Waals surface area contributed by atoms with Crippen molar-refractivity contribution < 1.29 is 26.3 Å². The van der Waals surface area contributed by atoms with Gasteiger partial charge in [-0.05, 0) is 6.07 Å². The fraction of sp³-hybridized carbons (Fsp3) is 0.455. The lowest BCUT2D eigenvalue weighted by atomic mass is 10.1. The summed E-state index contributed by atoms with van der Waals surface area (Å²) in [6.45, 7) is 0. The van der Waals surface area contributed by atoms with Crippen molar-refractivity contribution in [1.29, 1.82) is 0 Å². The fourth-order valence-electron chi connectivity index (χ4n) is 1.33. The van der Waals surface area contributed by atoms with E-state index in [0.717, 1.165) is 12.1 Å². The zero-order valence-electron chi connectivity index (χ0n) is 9.95. The fourth-order valence-corrected chi connectivity index (χ4v) is 1.33. The molecular weight excluding hydrogens is 260 g/mol. The van der Waals surface area contributed by atoms with Crippen LogP contribution in [-0.4, -0.2) is 21.1 Å². The molecule has 0 aliphatic heterocycles. The predicted molar refractivity (Wildman–Crippen MR) is 56.0 cm³/mol.